The second kappa shape index (κ2) is 5.20. The number of fused-ring (bicyclic) bond motifs is 1. The van der Waals surface area contributed by atoms with E-state index in [9.17, 15) is 8.78 Å². The summed E-state index contributed by atoms with van der Waals surface area (Å²) in [4.78, 5) is 4.28. The van der Waals surface area contributed by atoms with Gasteiger partial charge in [-0.2, -0.15) is 5.10 Å². The predicted octanol–water partition coefficient (Wildman–Crippen LogP) is 3.19. The van der Waals surface area contributed by atoms with Gasteiger partial charge in [0.15, 0.2) is 0 Å². The Morgan fingerprint density at radius 1 is 1.10 bits per heavy atom. The molecule has 0 saturated carbocycles. The Labute approximate surface area is 120 Å². The lowest BCUT2D eigenvalue weighted by Crippen LogP contribution is -2.05. The number of imidazole rings is 1. The van der Waals surface area contributed by atoms with Crippen LogP contribution in [0.1, 0.15) is 25.2 Å². The minimum Gasteiger partial charge on any atom is -0.284 e. The molecule has 0 aliphatic carbocycles. The number of nitrogens with zero attached hydrogens (tertiary/aromatic N) is 4. The first-order valence-electron chi connectivity index (χ1n) is 6.83. The standard InChI is InChI=1S/C15H14F2N4/c1-3-12-14(4-2)21-8-13(18-15(21)20-19-12)10-6-5-9(16)7-11(10)17/h5-8H,3-4H2,1-2H3. The van der Waals surface area contributed by atoms with Gasteiger partial charge in [-0.15, -0.1) is 5.10 Å². The Hall–Kier alpha value is -2.37. The van der Waals surface area contributed by atoms with Crippen LogP contribution in [0, 0.1) is 11.6 Å². The number of halogens is 2. The molecule has 2 heterocycles. The average molecular weight is 288 g/mol. The van der Waals surface area contributed by atoms with Crippen molar-refractivity contribution >= 4 is 5.78 Å². The topological polar surface area (TPSA) is 43.1 Å². The zero-order chi connectivity index (χ0) is 15.0. The highest BCUT2D eigenvalue weighted by atomic mass is 19.1. The van der Waals surface area contributed by atoms with Crippen LogP contribution in [0.3, 0.4) is 0 Å². The van der Waals surface area contributed by atoms with Crippen LogP contribution in [0.2, 0.25) is 0 Å². The van der Waals surface area contributed by atoms with Crippen LogP contribution in [0.5, 0.6) is 0 Å². The Bertz CT molecular complexity index is 811. The SMILES string of the molecule is CCc1nnc2nc(-c3ccc(F)cc3F)cn2c1CC. The van der Waals surface area contributed by atoms with Crippen molar-refractivity contribution in [2.24, 2.45) is 0 Å². The minimum absolute atomic E-state index is 0.252. The third kappa shape index (κ3) is 2.26. The number of hydrogen-bond acceptors (Lipinski definition) is 3. The molecule has 6 heteroatoms. The highest BCUT2D eigenvalue weighted by molar-refractivity contribution is 5.62. The smallest absolute Gasteiger partial charge is 0.254 e. The molecule has 0 fully saturated rings. The van der Waals surface area contributed by atoms with Crippen LogP contribution < -0.4 is 0 Å². The summed E-state index contributed by atoms with van der Waals surface area (Å²) in [5, 5.41) is 8.21. The summed E-state index contributed by atoms with van der Waals surface area (Å²) >= 11 is 0. The van der Waals surface area contributed by atoms with Crippen LogP contribution in [0.15, 0.2) is 24.4 Å². The van der Waals surface area contributed by atoms with Crippen molar-refractivity contribution in [3.63, 3.8) is 0 Å². The zero-order valence-electron chi connectivity index (χ0n) is 11.8. The Balaban J connectivity index is 2.21. The monoisotopic (exact) mass is 288 g/mol. The molecule has 1 aromatic carbocycles. The molecule has 0 radical (unpaired) electrons. The molecule has 0 unspecified atom stereocenters. The highest BCUT2D eigenvalue weighted by Crippen LogP contribution is 2.23. The summed E-state index contributed by atoms with van der Waals surface area (Å²) in [6, 6.07) is 3.45. The van der Waals surface area contributed by atoms with Gasteiger partial charge in [0, 0.05) is 23.5 Å². The van der Waals surface area contributed by atoms with Crippen molar-refractivity contribution in [2.75, 3.05) is 0 Å². The number of aromatic nitrogens is 4. The first kappa shape index (κ1) is 13.6. The maximum atomic E-state index is 13.9. The third-order valence-corrected chi connectivity index (χ3v) is 3.45. The van der Waals surface area contributed by atoms with Gasteiger partial charge >= 0.3 is 0 Å². The van der Waals surface area contributed by atoms with Gasteiger partial charge in [-0.05, 0) is 25.0 Å². The second-order valence-corrected chi connectivity index (χ2v) is 4.72. The molecule has 0 saturated heterocycles. The first-order valence-corrected chi connectivity index (χ1v) is 6.83. The van der Waals surface area contributed by atoms with Crippen molar-refractivity contribution in [2.45, 2.75) is 26.7 Å². The maximum absolute atomic E-state index is 13.9. The molecule has 4 nitrogen and oxygen atoms in total. The van der Waals surface area contributed by atoms with Gasteiger partial charge in [-0.1, -0.05) is 13.8 Å². The maximum Gasteiger partial charge on any atom is 0.254 e. The molecule has 0 aliphatic rings. The van der Waals surface area contributed by atoms with Crippen molar-refractivity contribution < 1.29 is 8.78 Å². The van der Waals surface area contributed by atoms with E-state index in [0.717, 1.165) is 30.3 Å². The second-order valence-electron chi connectivity index (χ2n) is 4.72. The molecule has 108 valence electrons. The normalized spacial score (nSPS) is 11.2. The fourth-order valence-electron chi connectivity index (χ4n) is 2.42. The summed E-state index contributed by atoms with van der Waals surface area (Å²) in [6.45, 7) is 4.03. The van der Waals surface area contributed by atoms with Crippen molar-refractivity contribution in [3.8, 4) is 11.3 Å². The molecule has 0 aliphatic heterocycles. The van der Waals surface area contributed by atoms with Crippen molar-refractivity contribution in [1.29, 1.82) is 0 Å². The van der Waals surface area contributed by atoms with Gasteiger partial charge in [-0.25, -0.2) is 13.8 Å². The van der Waals surface area contributed by atoms with E-state index in [4.69, 9.17) is 0 Å². The summed E-state index contributed by atoms with van der Waals surface area (Å²) in [7, 11) is 0. The highest BCUT2D eigenvalue weighted by Gasteiger charge is 2.14. The van der Waals surface area contributed by atoms with Crippen LogP contribution in [0.4, 0.5) is 8.78 Å². The van der Waals surface area contributed by atoms with Gasteiger partial charge < -0.3 is 0 Å². The molecule has 3 rings (SSSR count). The van der Waals surface area contributed by atoms with Crippen molar-refractivity contribution in [1.82, 2.24) is 19.6 Å². The lowest BCUT2D eigenvalue weighted by atomic mass is 10.1. The van der Waals surface area contributed by atoms with Gasteiger partial charge in [0.05, 0.1) is 11.4 Å². The van der Waals surface area contributed by atoms with E-state index < -0.39 is 11.6 Å². The molecule has 0 amide bonds. The van der Waals surface area contributed by atoms with E-state index in [1.807, 2.05) is 18.2 Å². The molecular weight excluding hydrogens is 274 g/mol. The molecule has 3 aromatic rings. The van der Waals surface area contributed by atoms with Gasteiger partial charge in [-0.3, -0.25) is 4.40 Å². The van der Waals surface area contributed by atoms with E-state index in [1.54, 1.807) is 6.20 Å². The summed E-state index contributed by atoms with van der Waals surface area (Å²) in [5.41, 5.74) is 2.57. The van der Waals surface area contributed by atoms with Gasteiger partial charge in [0.2, 0.25) is 0 Å². The predicted molar refractivity (Wildman–Crippen MR) is 74.9 cm³/mol. The molecule has 21 heavy (non-hydrogen) atoms. The Morgan fingerprint density at radius 2 is 1.90 bits per heavy atom. The molecule has 0 spiro atoms. The minimum atomic E-state index is -0.639. The van der Waals surface area contributed by atoms with E-state index in [1.165, 1.54) is 12.1 Å². The van der Waals surface area contributed by atoms with Crippen LogP contribution in [-0.2, 0) is 12.8 Å². The lowest BCUT2D eigenvalue weighted by Gasteiger charge is -2.05. The molecule has 0 bridgehead atoms. The Kier molecular flexibility index (Phi) is 3.37. The van der Waals surface area contributed by atoms with E-state index in [0.29, 0.717) is 11.5 Å². The first-order chi connectivity index (χ1) is 10.1. The number of rotatable bonds is 3. The van der Waals surface area contributed by atoms with Crippen LogP contribution in [-0.4, -0.2) is 19.6 Å². The van der Waals surface area contributed by atoms with E-state index in [2.05, 4.69) is 15.2 Å². The number of benzene rings is 1. The van der Waals surface area contributed by atoms with Gasteiger partial charge in [0.1, 0.15) is 11.6 Å². The molecule has 0 N–H and O–H groups in total. The zero-order valence-corrected chi connectivity index (χ0v) is 11.8. The lowest BCUT2D eigenvalue weighted by molar-refractivity contribution is 0.585. The van der Waals surface area contributed by atoms with E-state index >= 15 is 0 Å². The summed E-state index contributed by atoms with van der Waals surface area (Å²) < 4.78 is 28.7. The van der Waals surface area contributed by atoms with Gasteiger partial charge in [0.25, 0.3) is 5.78 Å². The molecular formula is C15H14F2N4. The third-order valence-electron chi connectivity index (χ3n) is 3.45. The molecule has 0 atom stereocenters. The van der Waals surface area contributed by atoms with Crippen LogP contribution in [0.25, 0.3) is 17.0 Å². The quantitative estimate of drug-likeness (QED) is 0.743. The average Bonchev–Trinajstić information content (AvgIpc) is 2.89. The molecule has 2 aromatic heterocycles. The fraction of sp³-hybridized carbons (Fsp3) is 0.267. The number of hydrogen-bond donors (Lipinski definition) is 0. The number of aryl methyl sites for hydroxylation is 2. The Morgan fingerprint density at radius 3 is 2.57 bits per heavy atom. The largest absolute Gasteiger partial charge is 0.284 e. The fourth-order valence-corrected chi connectivity index (χ4v) is 2.42. The summed E-state index contributed by atoms with van der Waals surface area (Å²) in [6.07, 6.45) is 3.26. The van der Waals surface area contributed by atoms with Crippen LogP contribution >= 0.6 is 0 Å². The summed E-state index contributed by atoms with van der Waals surface area (Å²) in [5.74, 6) is -0.828. The van der Waals surface area contributed by atoms with Crippen molar-refractivity contribution in [3.05, 3.63) is 47.4 Å². The van der Waals surface area contributed by atoms with E-state index in [-0.39, 0.29) is 5.56 Å².